The van der Waals surface area contributed by atoms with E-state index in [0.717, 1.165) is 5.92 Å². The van der Waals surface area contributed by atoms with Crippen molar-refractivity contribution in [3.05, 3.63) is 34.3 Å². The number of halogens is 1. The van der Waals surface area contributed by atoms with Crippen LogP contribution < -0.4 is 0 Å². The minimum absolute atomic E-state index is 0.942. The molecule has 0 aromatic heterocycles. The van der Waals surface area contributed by atoms with Crippen LogP contribution in [-0.4, -0.2) is 24.5 Å². The van der Waals surface area contributed by atoms with E-state index in [4.69, 9.17) is 0 Å². The standard InChI is InChI=1S/C15H22BrN/c1-13-8-11-17(12-9-13)10-2-3-14-4-6-15(16)7-5-14/h4-7,13H,2-3,8-12H2,1H3. The highest BCUT2D eigenvalue weighted by Crippen LogP contribution is 2.17. The number of aryl methyl sites for hydroxylation is 1. The van der Waals surface area contributed by atoms with Gasteiger partial charge in [-0.2, -0.15) is 0 Å². The summed E-state index contributed by atoms with van der Waals surface area (Å²) in [6.07, 6.45) is 5.27. The highest BCUT2D eigenvalue weighted by molar-refractivity contribution is 9.10. The van der Waals surface area contributed by atoms with Crippen LogP contribution in [0, 0.1) is 5.92 Å². The smallest absolute Gasteiger partial charge is 0.0175 e. The van der Waals surface area contributed by atoms with Crippen molar-refractivity contribution in [1.82, 2.24) is 4.90 Å². The van der Waals surface area contributed by atoms with Gasteiger partial charge >= 0.3 is 0 Å². The fourth-order valence-corrected chi connectivity index (χ4v) is 2.71. The van der Waals surface area contributed by atoms with Crippen molar-refractivity contribution in [2.24, 2.45) is 5.92 Å². The Labute approximate surface area is 113 Å². The van der Waals surface area contributed by atoms with E-state index < -0.39 is 0 Å². The summed E-state index contributed by atoms with van der Waals surface area (Å²) in [6.45, 7) is 6.25. The lowest BCUT2D eigenvalue weighted by molar-refractivity contribution is 0.191. The van der Waals surface area contributed by atoms with Gasteiger partial charge in [0.25, 0.3) is 0 Å². The van der Waals surface area contributed by atoms with E-state index in [1.54, 1.807) is 0 Å². The first-order valence-electron chi connectivity index (χ1n) is 6.71. The number of rotatable bonds is 4. The first-order valence-corrected chi connectivity index (χ1v) is 7.50. The van der Waals surface area contributed by atoms with Gasteiger partial charge in [-0.05, 0) is 68.9 Å². The Bertz CT molecular complexity index is 325. The summed E-state index contributed by atoms with van der Waals surface area (Å²) >= 11 is 3.47. The Morgan fingerprint density at radius 2 is 1.82 bits per heavy atom. The predicted octanol–water partition coefficient (Wildman–Crippen LogP) is 4.11. The Hall–Kier alpha value is -0.340. The van der Waals surface area contributed by atoms with Crippen LogP contribution in [0.3, 0.4) is 0 Å². The van der Waals surface area contributed by atoms with Crippen LogP contribution in [0.15, 0.2) is 28.7 Å². The number of hydrogen-bond donors (Lipinski definition) is 0. The molecule has 1 aliphatic heterocycles. The van der Waals surface area contributed by atoms with Crippen LogP contribution in [0.2, 0.25) is 0 Å². The first kappa shape index (κ1) is 13.1. The molecule has 1 aromatic carbocycles. The lowest BCUT2D eigenvalue weighted by Crippen LogP contribution is -2.33. The van der Waals surface area contributed by atoms with Gasteiger partial charge in [-0.3, -0.25) is 0 Å². The van der Waals surface area contributed by atoms with E-state index in [1.165, 1.54) is 55.4 Å². The van der Waals surface area contributed by atoms with Crippen molar-refractivity contribution < 1.29 is 0 Å². The number of piperidine rings is 1. The second-order valence-electron chi connectivity index (χ2n) is 5.25. The van der Waals surface area contributed by atoms with Gasteiger partial charge in [0.15, 0.2) is 0 Å². The summed E-state index contributed by atoms with van der Waals surface area (Å²) in [7, 11) is 0. The van der Waals surface area contributed by atoms with Gasteiger partial charge < -0.3 is 4.90 Å². The zero-order chi connectivity index (χ0) is 12.1. The second-order valence-corrected chi connectivity index (χ2v) is 6.17. The van der Waals surface area contributed by atoms with Gasteiger partial charge in [0.1, 0.15) is 0 Å². The summed E-state index contributed by atoms with van der Waals surface area (Å²) < 4.78 is 1.17. The zero-order valence-electron chi connectivity index (χ0n) is 10.7. The van der Waals surface area contributed by atoms with Crippen molar-refractivity contribution in [1.29, 1.82) is 0 Å². The lowest BCUT2D eigenvalue weighted by Gasteiger charge is -2.30. The topological polar surface area (TPSA) is 3.24 Å². The molecular weight excluding hydrogens is 274 g/mol. The fraction of sp³-hybridized carbons (Fsp3) is 0.600. The molecule has 17 heavy (non-hydrogen) atoms. The largest absolute Gasteiger partial charge is 0.303 e. The monoisotopic (exact) mass is 295 g/mol. The molecule has 1 aromatic rings. The quantitative estimate of drug-likeness (QED) is 0.808. The molecule has 0 aliphatic carbocycles. The van der Waals surface area contributed by atoms with Crippen LogP contribution in [0.5, 0.6) is 0 Å². The van der Waals surface area contributed by atoms with E-state index >= 15 is 0 Å². The van der Waals surface area contributed by atoms with Crippen molar-refractivity contribution in [3.63, 3.8) is 0 Å². The van der Waals surface area contributed by atoms with Gasteiger partial charge in [-0.1, -0.05) is 35.0 Å². The Morgan fingerprint density at radius 1 is 1.18 bits per heavy atom. The fourth-order valence-electron chi connectivity index (χ4n) is 2.44. The maximum atomic E-state index is 3.47. The summed E-state index contributed by atoms with van der Waals surface area (Å²) in [4.78, 5) is 2.62. The summed E-state index contributed by atoms with van der Waals surface area (Å²) in [5.74, 6) is 0.942. The molecule has 1 saturated heterocycles. The molecule has 1 aliphatic rings. The molecule has 2 heteroatoms. The van der Waals surface area contributed by atoms with E-state index in [1.807, 2.05) is 0 Å². The SMILES string of the molecule is CC1CCN(CCCc2ccc(Br)cc2)CC1. The number of nitrogens with zero attached hydrogens (tertiary/aromatic N) is 1. The first-order chi connectivity index (χ1) is 8.24. The van der Waals surface area contributed by atoms with Gasteiger partial charge in [0.2, 0.25) is 0 Å². The predicted molar refractivity (Wildman–Crippen MR) is 77.3 cm³/mol. The van der Waals surface area contributed by atoms with E-state index in [9.17, 15) is 0 Å². The van der Waals surface area contributed by atoms with Crippen molar-refractivity contribution >= 4 is 15.9 Å². The molecule has 0 amide bonds. The van der Waals surface area contributed by atoms with E-state index in [2.05, 4.69) is 52.0 Å². The van der Waals surface area contributed by atoms with E-state index in [0.29, 0.717) is 0 Å². The molecule has 1 fully saturated rings. The summed E-state index contributed by atoms with van der Waals surface area (Å²) in [5, 5.41) is 0. The minimum atomic E-state index is 0.942. The molecule has 0 atom stereocenters. The molecule has 0 N–H and O–H groups in total. The highest BCUT2D eigenvalue weighted by atomic mass is 79.9. The van der Waals surface area contributed by atoms with Crippen LogP contribution >= 0.6 is 15.9 Å². The molecule has 94 valence electrons. The molecule has 0 radical (unpaired) electrons. The average molecular weight is 296 g/mol. The maximum absolute atomic E-state index is 3.47. The molecule has 0 spiro atoms. The third-order valence-electron chi connectivity index (χ3n) is 3.73. The molecule has 0 saturated carbocycles. The Morgan fingerprint density at radius 3 is 2.47 bits per heavy atom. The summed E-state index contributed by atoms with van der Waals surface area (Å²) in [5.41, 5.74) is 1.46. The molecule has 1 nitrogen and oxygen atoms in total. The Balaban J connectivity index is 1.67. The van der Waals surface area contributed by atoms with Crippen molar-refractivity contribution in [2.75, 3.05) is 19.6 Å². The van der Waals surface area contributed by atoms with Gasteiger partial charge in [0.05, 0.1) is 0 Å². The maximum Gasteiger partial charge on any atom is 0.0175 e. The van der Waals surface area contributed by atoms with Crippen molar-refractivity contribution in [2.45, 2.75) is 32.6 Å². The highest BCUT2D eigenvalue weighted by Gasteiger charge is 2.14. The molecule has 1 heterocycles. The normalized spacial score (nSPS) is 18.5. The number of benzene rings is 1. The Kier molecular flexibility index (Phi) is 5.05. The van der Waals surface area contributed by atoms with Crippen LogP contribution in [0.4, 0.5) is 0 Å². The van der Waals surface area contributed by atoms with Gasteiger partial charge in [-0.15, -0.1) is 0 Å². The third kappa shape index (κ3) is 4.44. The number of likely N-dealkylation sites (tertiary alicyclic amines) is 1. The van der Waals surface area contributed by atoms with E-state index in [-0.39, 0.29) is 0 Å². The number of hydrogen-bond acceptors (Lipinski definition) is 1. The van der Waals surface area contributed by atoms with Crippen LogP contribution in [0.1, 0.15) is 31.7 Å². The van der Waals surface area contributed by atoms with Crippen LogP contribution in [0.25, 0.3) is 0 Å². The molecule has 0 unspecified atom stereocenters. The summed E-state index contributed by atoms with van der Waals surface area (Å²) in [6, 6.07) is 8.72. The van der Waals surface area contributed by atoms with Gasteiger partial charge in [-0.25, -0.2) is 0 Å². The van der Waals surface area contributed by atoms with Gasteiger partial charge in [0, 0.05) is 4.47 Å². The second kappa shape index (κ2) is 6.55. The molecule has 0 bridgehead atoms. The zero-order valence-corrected chi connectivity index (χ0v) is 12.2. The van der Waals surface area contributed by atoms with Crippen LogP contribution in [-0.2, 0) is 6.42 Å². The molecular formula is C15H22BrN. The lowest BCUT2D eigenvalue weighted by atomic mass is 9.99. The third-order valence-corrected chi connectivity index (χ3v) is 4.26. The minimum Gasteiger partial charge on any atom is -0.303 e. The molecule has 2 rings (SSSR count). The van der Waals surface area contributed by atoms with Crippen molar-refractivity contribution in [3.8, 4) is 0 Å². The average Bonchev–Trinajstić information content (AvgIpc) is 2.34.